The van der Waals surface area contributed by atoms with Crippen LogP contribution in [0.5, 0.6) is 0 Å². The van der Waals surface area contributed by atoms with Crippen LogP contribution >= 0.6 is 0 Å². The van der Waals surface area contributed by atoms with E-state index in [-0.39, 0.29) is 31.6 Å². The fraction of sp³-hybridized carbons (Fsp3) is 0.754. The van der Waals surface area contributed by atoms with Gasteiger partial charge in [-0.25, -0.2) is 0 Å². The van der Waals surface area contributed by atoms with E-state index in [9.17, 15) is 9.59 Å². The molecule has 5 heteroatoms. The highest BCUT2D eigenvalue weighted by atomic mass is 16.6. The van der Waals surface area contributed by atoms with Crippen molar-refractivity contribution in [3.05, 3.63) is 72.9 Å². The molecule has 0 spiro atoms. The van der Waals surface area contributed by atoms with E-state index >= 15 is 0 Å². The van der Waals surface area contributed by atoms with Gasteiger partial charge in [-0.05, 0) is 70.6 Å². The van der Waals surface area contributed by atoms with Gasteiger partial charge >= 0.3 is 11.9 Å². The Balaban J connectivity index is 4.36. The van der Waals surface area contributed by atoms with Crippen LogP contribution < -0.4 is 0 Å². The predicted molar refractivity (Wildman–Crippen MR) is 270 cm³/mol. The van der Waals surface area contributed by atoms with Gasteiger partial charge in [-0.2, -0.15) is 0 Å². The lowest BCUT2D eigenvalue weighted by Gasteiger charge is -2.18. The van der Waals surface area contributed by atoms with Crippen LogP contribution in [0.15, 0.2) is 72.9 Å². The Morgan fingerprint density at radius 1 is 0.387 bits per heavy atom. The molecule has 0 bridgehead atoms. The number of rotatable bonds is 48. The summed E-state index contributed by atoms with van der Waals surface area (Å²) in [5.74, 6) is -0.539. The highest BCUT2D eigenvalue weighted by molar-refractivity contribution is 5.71. The maximum Gasteiger partial charge on any atom is 0.310 e. The molecule has 62 heavy (non-hydrogen) atoms. The summed E-state index contributed by atoms with van der Waals surface area (Å²) in [7, 11) is 0. The molecule has 5 nitrogen and oxygen atoms in total. The van der Waals surface area contributed by atoms with E-state index in [1.807, 2.05) is 12.2 Å². The molecule has 0 saturated carbocycles. The van der Waals surface area contributed by atoms with Gasteiger partial charge in [0.2, 0.25) is 0 Å². The van der Waals surface area contributed by atoms with Crippen molar-refractivity contribution in [3.8, 4) is 0 Å². The van der Waals surface area contributed by atoms with Crippen LogP contribution in [0.25, 0.3) is 0 Å². The number of hydrogen-bond acceptors (Lipinski definition) is 5. The van der Waals surface area contributed by atoms with E-state index in [4.69, 9.17) is 14.2 Å². The van der Waals surface area contributed by atoms with Gasteiger partial charge < -0.3 is 14.2 Å². The van der Waals surface area contributed by atoms with Crippen molar-refractivity contribution in [1.29, 1.82) is 0 Å². The molecule has 0 aromatic heterocycles. The average molecular weight is 865 g/mol. The number of ether oxygens (including phenoxy) is 3. The van der Waals surface area contributed by atoms with Gasteiger partial charge in [-0.15, -0.1) is 0 Å². The molecular formula is C57H100O5. The van der Waals surface area contributed by atoms with Gasteiger partial charge in [0.25, 0.3) is 0 Å². The van der Waals surface area contributed by atoms with Crippen molar-refractivity contribution in [2.75, 3.05) is 19.8 Å². The molecule has 358 valence electrons. The second-order valence-corrected chi connectivity index (χ2v) is 17.4. The minimum absolute atomic E-state index is 0.0440. The van der Waals surface area contributed by atoms with E-state index in [0.29, 0.717) is 13.0 Å². The molecule has 0 aromatic rings. The number of carbonyl (C=O) groups excluding carboxylic acids is 2. The third kappa shape index (κ3) is 50.0. The molecule has 1 unspecified atom stereocenters. The second-order valence-electron chi connectivity index (χ2n) is 17.4. The normalized spacial score (nSPS) is 12.8. The summed E-state index contributed by atoms with van der Waals surface area (Å²) in [6, 6.07) is 0. The second kappa shape index (κ2) is 52.7. The molecule has 0 aliphatic carbocycles. The Hall–Kier alpha value is -2.66. The van der Waals surface area contributed by atoms with Gasteiger partial charge in [0.1, 0.15) is 6.61 Å². The lowest BCUT2D eigenvalue weighted by atomic mass is 10.0. The van der Waals surface area contributed by atoms with Crippen LogP contribution in [0, 0.1) is 0 Å². The number of esters is 2. The van der Waals surface area contributed by atoms with Crippen molar-refractivity contribution in [1.82, 2.24) is 0 Å². The van der Waals surface area contributed by atoms with Gasteiger partial charge in [-0.1, -0.05) is 241 Å². The zero-order valence-electron chi connectivity index (χ0n) is 41.1. The molecule has 0 radical (unpaired) electrons. The average Bonchev–Trinajstić information content (AvgIpc) is 3.27. The zero-order chi connectivity index (χ0) is 44.9. The first-order valence-corrected chi connectivity index (χ1v) is 26.5. The van der Waals surface area contributed by atoms with Crippen molar-refractivity contribution >= 4 is 11.9 Å². The maximum absolute atomic E-state index is 12.7. The third-order valence-corrected chi connectivity index (χ3v) is 11.3. The van der Waals surface area contributed by atoms with Crippen LogP contribution in [0.1, 0.15) is 252 Å². The molecule has 0 aromatic carbocycles. The van der Waals surface area contributed by atoms with E-state index in [1.165, 1.54) is 161 Å². The fourth-order valence-corrected chi connectivity index (χ4v) is 7.35. The lowest BCUT2D eigenvalue weighted by Crippen LogP contribution is -2.29. The molecule has 0 aliphatic rings. The van der Waals surface area contributed by atoms with E-state index in [0.717, 1.165) is 57.8 Å². The summed E-state index contributed by atoms with van der Waals surface area (Å²) in [4.78, 5) is 25.4. The van der Waals surface area contributed by atoms with Crippen LogP contribution in [-0.4, -0.2) is 37.9 Å². The largest absolute Gasteiger partial charge is 0.462 e. The van der Waals surface area contributed by atoms with Gasteiger partial charge in [0.05, 0.1) is 13.0 Å². The van der Waals surface area contributed by atoms with Crippen molar-refractivity contribution in [2.45, 2.75) is 258 Å². The molecule has 0 rings (SSSR count). The van der Waals surface area contributed by atoms with Crippen molar-refractivity contribution in [3.63, 3.8) is 0 Å². The van der Waals surface area contributed by atoms with Crippen LogP contribution in [0.3, 0.4) is 0 Å². The molecule has 0 fully saturated rings. The van der Waals surface area contributed by atoms with Crippen LogP contribution in [-0.2, 0) is 23.8 Å². The SMILES string of the molecule is CC/C=C\C/C=C\C/C=C\C/C=C\C/C=C\CC(=O)OC(COCCCCCCCC/C=C\CCCCCC)COC(=O)CCCCCCCCCCCCCCCCCCC. The first-order chi connectivity index (χ1) is 30.6. The van der Waals surface area contributed by atoms with Gasteiger partial charge in [0, 0.05) is 13.0 Å². The van der Waals surface area contributed by atoms with E-state index < -0.39 is 6.10 Å². The van der Waals surface area contributed by atoms with Crippen molar-refractivity contribution in [2.24, 2.45) is 0 Å². The van der Waals surface area contributed by atoms with E-state index in [1.54, 1.807) is 0 Å². The summed E-state index contributed by atoms with van der Waals surface area (Å²) in [6.07, 6.45) is 67.9. The number of carbonyl (C=O) groups is 2. The molecule has 0 amide bonds. The van der Waals surface area contributed by atoms with Crippen LogP contribution in [0.2, 0.25) is 0 Å². The Kier molecular flexibility index (Phi) is 50.4. The lowest BCUT2D eigenvalue weighted by molar-refractivity contribution is -0.162. The standard InChI is InChI=1S/C57H100O5/c1-4-7-10-13-16-19-22-25-28-29-31-32-35-38-41-44-47-50-56(58)61-54-55(53-60-52-49-46-43-40-37-34-27-24-21-18-15-12-9-6-3)62-57(59)51-48-45-42-39-36-33-30-26-23-20-17-14-11-8-5-2/h8,11,17,20-21,24,26,30,36,39,45,48,55H,4-7,9-10,12-16,18-19,22-23,25,27-29,31-35,37-38,40-44,46-47,49-54H2,1-3H3/b11-8-,20-17-,24-21-,30-26-,39-36-,48-45-. The fourth-order valence-electron chi connectivity index (χ4n) is 7.35. The topological polar surface area (TPSA) is 61.8 Å². The third-order valence-electron chi connectivity index (χ3n) is 11.3. The molecule has 0 saturated heterocycles. The Morgan fingerprint density at radius 2 is 0.774 bits per heavy atom. The molecule has 0 N–H and O–H groups in total. The van der Waals surface area contributed by atoms with Gasteiger partial charge in [0.15, 0.2) is 6.10 Å². The summed E-state index contributed by atoms with van der Waals surface area (Å²) >= 11 is 0. The number of allylic oxidation sites excluding steroid dienone is 11. The quantitative estimate of drug-likeness (QED) is 0.0346. The first kappa shape index (κ1) is 59.3. The van der Waals surface area contributed by atoms with Crippen molar-refractivity contribution < 1.29 is 23.8 Å². The first-order valence-electron chi connectivity index (χ1n) is 26.5. The molecule has 0 aliphatic heterocycles. The minimum atomic E-state index is -0.593. The predicted octanol–water partition coefficient (Wildman–Crippen LogP) is 17.9. The number of hydrogen-bond donors (Lipinski definition) is 0. The molecular weight excluding hydrogens is 765 g/mol. The maximum atomic E-state index is 12.7. The zero-order valence-corrected chi connectivity index (χ0v) is 41.1. The smallest absolute Gasteiger partial charge is 0.310 e. The van der Waals surface area contributed by atoms with Gasteiger partial charge in [-0.3, -0.25) is 9.59 Å². The Morgan fingerprint density at radius 3 is 1.24 bits per heavy atom. The summed E-state index contributed by atoms with van der Waals surface area (Å²) < 4.78 is 17.3. The van der Waals surface area contributed by atoms with E-state index in [2.05, 4.69) is 81.5 Å². The molecule has 0 heterocycles. The Labute approximate surface area is 385 Å². The summed E-state index contributed by atoms with van der Waals surface area (Å²) in [5.41, 5.74) is 0. The summed E-state index contributed by atoms with van der Waals surface area (Å²) in [5, 5.41) is 0. The minimum Gasteiger partial charge on any atom is -0.462 e. The van der Waals surface area contributed by atoms with Crippen LogP contribution in [0.4, 0.5) is 0 Å². The highest BCUT2D eigenvalue weighted by Gasteiger charge is 2.17. The highest BCUT2D eigenvalue weighted by Crippen LogP contribution is 2.15. The Bertz CT molecular complexity index is 1110. The monoisotopic (exact) mass is 865 g/mol. The summed E-state index contributed by atoms with van der Waals surface area (Å²) in [6.45, 7) is 7.61. The number of unbranched alkanes of at least 4 members (excludes halogenated alkanes) is 26. The molecule has 1 atom stereocenters.